The SMILES string of the molecule is CCCCNC(=O)c1cccc(NC(=S)NC(=O)c2ccc(OCCC)c(Br)c2)c1. The average Bonchev–Trinajstić information content (AvgIpc) is 2.73. The molecule has 0 heterocycles. The maximum atomic E-state index is 12.5. The van der Waals surface area contributed by atoms with Crippen LogP contribution in [0.5, 0.6) is 5.75 Å². The highest BCUT2D eigenvalue weighted by Crippen LogP contribution is 2.26. The van der Waals surface area contributed by atoms with Crippen molar-refractivity contribution in [2.24, 2.45) is 0 Å². The highest BCUT2D eigenvalue weighted by molar-refractivity contribution is 9.10. The molecule has 30 heavy (non-hydrogen) atoms. The van der Waals surface area contributed by atoms with Gasteiger partial charge in [-0.05, 0) is 77.4 Å². The van der Waals surface area contributed by atoms with Crippen LogP contribution < -0.4 is 20.7 Å². The van der Waals surface area contributed by atoms with Crippen LogP contribution in [0.15, 0.2) is 46.9 Å². The van der Waals surface area contributed by atoms with Crippen molar-refractivity contribution in [1.82, 2.24) is 10.6 Å². The summed E-state index contributed by atoms with van der Waals surface area (Å²) in [6.45, 7) is 5.34. The van der Waals surface area contributed by atoms with E-state index in [-0.39, 0.29) is 16.9 Å². The van der Waals surface area contributed by atoms with E-state index < -0.39 is 0 Å². The van der Waals surface area contributed by atoms with Gasteiger partial charge in [-0.2, -0.15) is 0 Å². The lowest BCUT2D eigenvalue weighted by molar-refractivity contribution is 0.0950. The van der Waals surface area contributed by atoms with Gasteiger partial charge in [0.1, 0.15) is 5.75 Å². The molecule has 0 atom stereocenters. The van der Waals surface area contributed by atoms with E-state index in [0.717, 1.165) is 19.3 Å². The number of rotatable bonds is 9. The lowest BCUT2D eigenvalue weighted by Crippen LogP contribution is -2.34. The van der Waals surface area contributed by atoms with Gasteiger partial charge in [-0.25, -0.2) is 0 Å². The van der Waals surface area contributed by atoms with E-state index in [9.17, 15) is 9.59 Å². The van der Waals surface area contributed by atoms with Crippen LogP contribution in [0.25, 0.3) is 0 Å². The van der Waals surface area contributed by atoms with Gasteiger partial charge >= 0.3 is 0 Å². The number of benzene rings is 2. The molecule has 0 aliphatic carbocycles. The van der Waals surface area contributed by atoms with Crippen LogP contribution in [-0.2, 0) is 0 Å². The number of nitrogens with one attached hydrogen (secondary N) is 3. The van der Waals surface area contributed by atoms with Crippen molar-refractivity contribution in [2.45, 2.75) is 33.1 Å². The maximum absolute atomic E-state index is 12.5. The van der Waals surface area contributed by atoms with Crippen molar-refractivity contribution >= 4 is 50.8 Å². The fourth-order valence-corrected chi connectivity index (χ4v) is 3.23. The standard InChI is InChI=1S/C22H26BrN3O3S/c1-3-5-11-24-20(27)15-7-6-8-17(13-15)25-22(30)26-21(28)16-9-10-19(18(23)14-16)29-12-4-2/h6-10,13-14H,3-5,11-12H2,1-2H3,(H,24,27)(H2,25,26,28,30). The zero-order chi connectivity index (χ0) is 21.9. The number of carbonyl (C=O) groups is 2. The smallest absolute Gasteiger partial charge is 0.257 e. The summed E-state index contributed by atoms with van der Waals surface area (Å²) in [5.41, 5.74) is 1.59. The number of ether oxygens (including phenoxy) is 1. The minimum Gasteiger partial charge on any atom is -0.492 e. The van der Waals surface area contributed by atoms with Gasteiger partial charge in [0.15, 0.2) is 5.11 Å². The summed E-state index contributed by atoms with van der Waals surface area (Å²) < 4.78 is 6.29. The number of hydrogen-bond donors (Lipinski definition) is 3. The molecule has 0 spiro atoms. The molecule has 2 rings (SSSR count). The molecule has 0 bridgehead atoms. The second kappa shape index (κ2) is 12.3. The molecule has 0 saturated carbocycles. The van der Waals surface area contributed by atoms with Gasteiger partial charge in [0, 0.05) is 23.4 Å². The third-order valence-electron chi connectivity index (χ3n) is 4.08. The first-order valence-corrected chi connectivity index (χ1v) is 11.1. The van der Waals surface area contributed by atoms with Crippen LogP contribution >= 0.6 is 28.1 Å². The number of amides is 2. The van der Waals surface area contributed by atoms with E-state index in [0.29, 0.717) is 40.2 Å². The third-order valence-corrected chi connectivity index (χ3v) is 4.91. The average molecular weight is 492 g/mol. The van der Waals surface area contributed by atoms with Crippen LogP contribution in [0.3, 0.4) is 0 Å². The summed E-state index contributed by atoms with van der Waals surface area (Å²) in [5.74, 6) is 0.198. The summed E-state index contributed by atoms with van der Waals surface area (Å²) >= 11 is 8.66. The predicted molar refractivity (Wildman–Crippen MR) is 127 cm³/mol. The largest absolute Gasteiger partial charge is 0.492 e. The van der Waals surface area contributed by atoms with Crippen molar-refractivity contribution in [2.75, 3.05) is 18.5 Å². The molecule has 8 heteroatoms. The molecule has 2 aromatic carbocycles. The normalized spacial score (nSPS) is 10.2. The number of carbonyl (C=O) groups excluding carboxylic acids is 2. The first-order valence-electron chi connectivity index (χ1n) is 9.87. The van der Waals surface area contributed by atoms with Gasteiger partial charge < -0.3 is 15.4 Å². The Kier molecular flexibility index (Phi) is 9.76. The van der Waals surface area contributed by atoms with Gasteiger partial charge in [-0.15, -0.1) is 0 Å². The third kappa shape index (κ3) is 7.42. The second-order valence-corrected chi connectivity index (χ2v) is 7.85. The summed E-state index contributed by atoms with van der Waals surface area (Å²) in [6, 6.07) is 12.1. The molecule has 0 saturated heterocycles. The van der Waals surface area contributed by atoms with Crippen molar-refractivity contribution < 1.29 is 14.3 Å². The van der Waals surface area contributed by atoms with E-state index in [1.807, 2.05) is 6.92 Å². The Bertz CT molecular complexity index is 905. The van der Waals surface area contributed by atoms with E-state index in [4.69, 9.17) is 17.0 Å². The summed E-state index contributed by atoms with van der Waals surface area (Å²) in [7, 11) is 0. The van der Waals surface area contributed by atoms with Crippen LogP contribution in [0, 0.1) is 0 Å². The van der Waals surface area contributed by atoms with Crippen LogP contribution in [-0.4, -0.2) is 30.1 Å². The van der Waals surface area contributed by atoms with Gasteiger partial charge in [0.05, 0.1) is 11.1 Å². The fourth-order valence-electron chi connectivity index (χ4n) is 2.53. The van der Waals surface area contributed by atoms with E-state index in [2.05, 4.69) is 38.8 Å². The number of halogens is 1. The monoisotopic (exact) mass is 491 g/mol. The Balaban J connectivity index is 1.95. The van der Waals surface area contributed by atoms with Gasteiger partial charge in [-0.1, -0.05) is 26.3 Å². The topological polar surface area (TPSA) is 79.5 Å². The van der Waals surface area contributed by atoms with Crippen LogP contribution in [0.1, 0.15) is 53.8 Å². The molecular weight excluding hydrogens is 466 g/mol. The molecule has 0 aliphatic heterocycles. The van der Waals surface area contributed by atoms with Crippen molar-refractivity contribution in [1.29, 1.82) is 0 Å². The highest BCUT2D eigenvalue weighted by atomic mass is 79.9. The molecule has 0 aliphatic rings. The Morgan fingerprint density at radius 2 is 1.80 bits per heavy atom. The predicted octanol–water partition coefficient (Wildman–Crippen LogP) is 4.89. The summed E-state index contributed by atoms with van der Waals surface area (Å²) in [6.07, 6.45) is 2.85. The van der Waals surface area contributed by atoms with Crippen molar-refractivity contribution in [3.05, 3.63) is 58.1 Å². The van der Waals surface area contributed by atoms with Crippen molar-refractivity contribution in [3.8, 4) is 5.75 Å². The van der Waals surface area contributed by atoms with E-state index in [1.54, 1.807) is 42.5 Å². The first kappa shape index (κ1) is 23.8. The molecule has 0 radical (unpaired) electrons. The fraction of sp³-hybridized carbons (Fsp3) is 0.318. The minimum absolute atomic E-state index is 0.141. The number of thiocarbonyl (C=S) groups is 1. The quantitative estimate of drug-likeness (QED) is 0.343. The number of anilines is 1. The molecule has 160 valence electrons. The van der Waals surface area contributed by atoms with Crippen LogP contribution in [0.2, 0.25) is 0 Å². The van der Waals surface area contributed by atoms with Gasteiger partial charge in [0.2, 0.25) is 0 Å². The lowest BCUT2D eigenvalue weighted by atomic mass is 10.2. The molecule has 2 aromatic rings. The highest BCUT2D eigenvalue weighted by Gasteiger charge is 2.12. The number of hydrogen-bond acceptors (Lipinski definition) is 4. The Morgan fingerprint density at radius 1 is 1.03 bits per heavy atom. The van der Waals surface area contributed by atoms with E-state index in [1.165, 1.54) is 0 Å². The zero-order valence-electron chi connectivity index (χ0n) is 17.1. The van der Waals surface area contributed by atoms with Gasteiger partial charge in [-0.3, -0.25) is 14.9 Å². The molecule has 2 amide bonds. The zero-order valence-corrected chi connectivity index (χ0v) is 19.5. The molecule has 6 nitrogen and oxygen atoms in total. The Morgan fingerprint density at radius 3 is 2.50 bits per heavy atom. The molecule has 0 aromatic heterocycles. The minimum atomic E-state index is -0.344. The molecule has 3 N–H and O–H groups in total. The Labute approximate surface area is 190 Å². The summed E-state index contributed by atoms with van der Waals surface area (Å²) in [4.78, 5) is 24.7. The molecule has 0 fully saturated rings. The van der Waals surface area contributed by atoms with Gasteiger partial charge in [0.25, 0.3) is 11.8 Å². The maximum Gasteiger partial charge on any atom is 0.257 e. The Hall–Kier alpha value is -2.45. The van der Waals surface area contributed by atoms with Crippen molar-refractivity contribution in [3.63, 3.8) is 0 Å². The first-order chi connectivity index (χ1) is 14.4. The number of unbranched alkanes of at least 4 members (excludes halogenated alkanes) is 1. The molecule has 0 unspecified atom stereocenters. The molecular formula is C22H26BrN3O3S. The van der Waals surface area contributed by atoms with Crippen LogP contribution in [0.4, 0.5) is 5.69 Å². The summed E-state index contributed by atoms with van der Waals surface area (Å²) in [5, 5.41) is 8.60. The second-order valence-electron chi connectivity index (χ2n) is 6.59. The lowest BCUT2D eigenvalue weighted by Gasteiger charge is -2.12. The van der Waals surface area contributed by atoms with E-state index >= 15 is 0 Å².